The first-order valence-electron chi connectivity index (χ1n) is 11.7. The maximum Gasteiger partial charge on any atom is 0.147 e. The molecule has 0 aromatic carbocycles. The molecule has 2 aliphatic carbocycles. The van der Waals surface area contributed by atoms with Gasteiger partial charge in [0.1, 0.15) is 6.17 Å². The van der Waals surface area contributed by atoms with Crippen molar-refractivity contribution >= 4 is 17.4 Å². The minimum absolute atomic E-state index is 0.400. The van der Waals surface area contributed by atoms with Crippen molar-refractivity contribution in [3.05, 3.63) is 0 Å². The first kappa shape index (κ1) is 18.7. The van der Waals surface area contributed by atoms with Gasteiger partial charge in [-0.1, -0.05) is 12.8 Å². The molecule has 27 heavy (non-hydrogen) atoms. The molecule has 0 aromatic rings. The molecule has 7 unspecified atom stereocenters. The van der Waals surface area contributed by atoms with Crippen molar-refractivity contribution in [1.29, 1.82) is 0 Å². The second-order valence-corrected chi connectivity index (χ2v) is 10.6. The van der Waals surface area contributed by atoms with Crippen LogP contribution in [0.4, 0.5) is 0 Å². The van der Waals surface area contributed by atoms with Crippen LogP contribution in [0.5, 0.6) is 0 Å². The summed E-state index contributed by atoms with van der Waals surface area (Å²) in [5.41, 5.74) is 0. The Morgan fingerprint density at radius 3 is 2.67 bits per heavy atom. The minimum atomic E-state index is 0.400. The number of piperidine rings is 1. The second kappa shape index (κ2) is 7.84. The molecule has 152 valence electrons. The van der Waals surface area contributed by atoms with Gasteiger partial charge in [0.05, 0.1) is 17.9 Å². The van der Waals surface area contributed by atoms with Gasteiger partial charge in [0.15, 0.2) is 0 Å². The SMILES string of the molecule is CN1CCCC1=NC1C2CCCCC2[NH2+]C2C1CCN2C1CCCC(Cl)C1. The Bertz CT molecular complexity index is 567. The van der Waals surface area contributed by atoms with E-state index in [0.717, 1.165) is 23.9 Å². The van der Waals surface area contributed by atoms with Gasteiger partial charge in [-0.2, -0.15) is 0 Å². The number of fused-ring (bicyclic) bond motifs is 2. The van der Waals surface area contributed by atoms with Crippen LogP contribution >= 0.6 is 11.6 Å². The van der Waals surface area contributed by atoms with E-state index in [4.69, 9.17) is 16.6 Å². The smallest absolute Gasteiger partial charge is 0.147 e. The third kappa shape index (κ3) is 3.55. The standard InChI is InChI=1S/C22H37ClN4/c1-26-12-5-10-20(26)25-21-17-8-2-3-9-19(17)24-22-18(21)11-13-27(22)16-7-4-6-15(23)14-16/h15-19,21-22,24H,2-14H2,1H3/p+1. The van der Waals surface area contributed by atoms with Crippen LogP contribution in [-0.2, 0) is 0 Å². The molecule has 5 rings (SSSR count). The van der Waals surface area contributed by atoms with E-state index in [2.05, 4.69) is 22.2 Å². The van der Waals surface area contributed by atoms with Crippen LogP contribution in [-0.4, -0.2) is 65.4 Å². The topological polar surface area (TPSA) is 35.5 Å². The molecular weight excluding hydrogens is 356 g/mol. The van der Waals surface area contributed by atoms with Gasteiger partial charge in [-0.25, -0.2) is 0 Å². The van der Waals surface area contributed by atoms with Crippen LogP contribution in [0.1, 0.15) is 70.6 Å². The number of halogens is 1. The molecule has 3 aliphatic heterocycles. The summed E-state index contributed by atoms with van der Waals surface area (Å²) in [7, 11) is 2.25. The van der Waals surface area contributed by atoms with Crippen LogP contribution in [0.25, 0.3) is 0 Å². The number of amidine groups is 1. The average Bonchev–Trinajstić information content (AvgIpc) is 3.28. The molecule has 0 spiro atoms. The van der Waals surface area contributed by atoms with Gasteiger partial charge in [0.25, 0.3) is 0 Å². The van der Waals surface area contributed by atoms with Crippen LogP contribution in [0.3, 0.4) is 0 Å². The van der Waals surface area contributed by atoms with Crippen molar-refractivity contribution in [2.45, 2.75) is 100 Å². The van der Waals surface area contributed by atoms with E-state index >= 15 is 0 Å². The zero-order valence-electron chi connectivity index (χ0n) is 17.0. The van der Waals surface area contributed by atoms with E-state index < -0.39 is 0 Å². The molecular formula is C22H38ClN4+. The molecule has 0 aromatic heterocycles. The molecule has 5 fully saturated rings. The van der Waals surface area contributed by atoms with E-state index in [1.54, 1.807) is 0 Å². The number of aliphatic imine (C=N–C) groups is 1. The molecule has 5 heteroatoms. The number of quaternary nitrogens is 1. The molecule has 3 heterocycles. The van der Waals surface area contributed by atoms with Crippen molar-refractivity contribution in [2.24, 2.45) is 16.8 Å². The lowest BCUT2D eigenvalue weighted by Crippen LogP contribution is -3.02. The molecule has 7 atom stereocenters. The van der Waals surface area contributed by atoms with Crippen LogP contribution in [0.15, 0.2) is 4.99 Å². The maximum absolute atomic E-state index is 6.57. The highest BCUT2D eigenvalue weighted by molar-refractivity contribution is 6.20. The minimum Gasteiger partial charge on any atom is -0.363 e. The zero-order chi connectivity index (χ0) is 18.4. The van der Waals surface area contributed by atoms with E-state index in [9.17, 15) is 0 Å². The van der Waals surface area contributed by atoms with E-state index in [-0.39, 0.29) is 0 Å². The van der Waals surface area contributed by atoms with Crippen molar-refractivity contribution in [2.75, 3.05) is 20.1 Å². The Hall–Kier alpha value is -0.320. The molecule has 4 nitrogen and oxygen atoms in total. The largest absolute Gasteiger partial charge is 0.363 e. The molecule has 5 aliphatic rings. The van der Waals surface area contributed by atoms with Crippen molar-refractivity contribution < 1.29 is 5.32 Å². The summed E-state index contributed by atoms with van der Waals surface area (Å²) in [4.78, 5) is 10.8. The highest BCUT2D eigenvalue weighted by atomic mass is 35.5. The Morgan fingerprint density at radius 2 is 1.85 bits per heavy atom. The summed E-state index contributed by atoms with van der Waals surface area (Å²) in [6, 6.07) is 2.09. The fourth-order valence-corrected chi connectivity index (χ4v) is 7.43. The number of nitrogens with two attached hydrogens (primary N) is 1. The highest BCUT2D eigenvalue weighted by Crippen LogP contribution is 2.41. The molecule has 3 saturated heterocycles. The van der Waals surface area contributed by atoms with Crippen molar-refractivity contribution in [1.82, 2.24) is 9.80 Å². The fraction of sp³-hybridized carbons (Fsp3) is 0.955. The first-order valence-corrected chi connectivity index (χ1v) is 12.2. The van der Waals surface area contributed by atoms with E-state index in [0.29, 0.717) is 17.6 Å². The van der Waals surface area contributed by atoms with Gasteiger partial charge in [0.2, 0.25) is 0 Å². The summed E-state index contributed by atoms with van der Waals surface area (Å²) >= 11 is 6.57. The number of hydrogen-bond donors (Lipinski definition) is 1. The molecule has 0 radical (unpaired) electrons. The summed E-state index contributed by atoms with van der Waals surface area (Å²) < 4.78 is 0. The number of likely N-dealkylation sites (tertiary alicyclic amines) is 2. The first-order chi connectivity index (χ1) is 13.2. The molecule has 2 N–H and O–H groups in total. The van der Waals surface area contributed by atoms with Gasteiger partial charge >= 0.3 is 0 Å². The fourth-order valence-electron chi connectivity index (χ4n) is 7.07. The van der Waals surface area contributed by atoms with Crippen LogP contribution in [0.2, 0.25) is 0 Å². The lowest BCUT2D eigenvalue weighted by Gasteiger charge is -2.47. The second-order valence-electron chi connectivity index (χ2n) is 9.96. The quantitative estimate of drug-likeness (QED) is 0.732. The number of nitrogens with zero attached hydrogens (tertiary/aromatic N) is 3. The Kier molecular flexibility index (Phi) is 5.42. The lowest BCUT2D eigenvalue weighted by molar-refractivity contribution is -0.760. The maximum atomic E-state index is 6.57. The third-order valence-corrected chi connectivity index (χ3v) is 8.82. The van der Waals surface area contributed by atoms with Crippen molar-refractivity contribution in [3.63, 3.8) is 0 Å². The summed E-state index contributed by atoms with van der Waals surface area (Å²) in [6.45, 7) is 2.47. The van der Waals surface area contributed by atoms with Crippen molar-refractivity contribution in [3.8, 4) is 0 Å². The Labute approximate surface area is 170 Å². The molecule has 0 bridgehead atoms. The summed E-state index contributed by atoms with van der Waals surface area (Å²) in [5.74, 6) is 2.97. The van der Waals surface area contributed by atoms with E-state index in [1.165, 1.54) is 89.6 Å². The summed E-state index contributed by atoms with van der Waals surface area (Å²) in [6.07, 6.45) is 15.3. The van der Waals surface area contributed by atoms with Crippen LogP contribution in [0, 0.1) is 11.8 Å². The average molecular weight is 394 g/mol. The predicted molar refractivity (Wildman–Crippen MR) is 111 cm³/mol. The Morgan fingerprint density at radius 1 is 0.963 bits per heavy atom. The van der Waals surface area contributed by atoms with Gasteiger partial charge in [-0.15, -0.1) is 11.6 Å². The van der Waals surface area contributed by atoms with Gasteiger partial charge in [-0.05, 0) is 51.4 Å². The van der Waals surface area contributed by atoms with E-state index in [1.807, 2.05) is 0 Å². The van der Waals surface area contributed by atoms with Gasteiger partial charge in [-0.3, -0.25) is 9.89 Å². The Balaban J connectivity index is 1.40. The summed E-state index contributed by atoms with van der Waals surface area (Å²) in [5, 5.41) is 3.20. The molecule has 2 saturated carbocycles. The third-order valence-electron chi connectivity index (χ3n) is 8.42. The number of rotatable bonds is 2. The zero-order valence-corrected chi connectivity index (χ0v) is 17.8. The number of hydrogen-bond acceptors (Lipinski definition) is 2. The van der Waals surface area contributed by atoms with Crippen LogP contribution < -0.4 is 5.32 Å². The predicted octanol–water partition coefficient (Wildman–Crippen LogP) is 2.81. The normalized spacial score (nSPS) is 47.3. The van der Waals surface area contributed by atoms with Gasteiger partial charge in [0, 0.05) is 49.8 Å². The highest BCUT2D eigenvalue weighted by Gasteiger charge is 2.54. The lowest BCUT2D eigenvalue weighted by atomic mass is 9.71. The van der Waals surface area contributed by atoms with Gasteiger partial charge < -0.3 is 10.2 Å². The monoisotopic (exact) mass is 393 g/mol. The molecule has 0 amide bonds. The number of alkyl halides is 1.